The van der Waals surface area contributed by atoms with Crippen molar-refractivity contribution < 1.29 is 14.3 Å². The number of nitrogens with one attached hydrogen (secondary N) is 2. The van der Waals surface area contributed by atoms with Gasteiger partial charge in [-0.25, -0.2) is 0 Å². The quantitative estimate of drug-likeness (QED) is 0.588. The van der Waals surface area contributed by atoms with E-state index in [-0.39, 0.29) is 18.4 Å². The summed E-state index contributed by atoms with van der Waals surface area (Å²) in [6.45, 7) is 4.37. The lowest BCUT2D eigenvalue weighted by Crippen LogP contribution is -2.43. The number of hydrogen-bond donors (Lipinski definition) is 3. The zero-order valence-corrected chi connectivity index (χ0v) is 14.8. The standard InChI is InChI=1S/C18H28N4O3/c1-25-13-16(19)18(24)21-12-14-4-6-15(7-5-14)17(23)20-8-11-22-9-2-3-10-22/h4-7,16H,2-3,8-13,19H2,1H3,(H,20,23)(H,21,24). The van der Waals surface area contributed by atoms with Crippen LogP contribution in [-0.2, 0) is 16.1 Å². The van der Waals surface area contributed by atoms with Crippen LogP contribution in [0.3, 0.4) is 0 Å². The molecule has 0 saturated carbocycles. The number of carbonyl (C=O) groups excluding carboxylic acids is 2. The monoisotopic (exact) mass is 348 g/mol. The molecule has 4 N–H and O–H groups in total. The van der Waals surface area contributed by atoms with Gasteiger partial charge in [-0.3, -0.25) is 9.59 Å². The van der Waals surface area contributed by atoms with Gasteiger partial charge in [0.1, 0.15) is 6.04 Å². The Balaban J connectivity index is 1.72. The van der Waals surface area contributed by atoms with Crippen LogP contribution in [0.2, 0.25) is 0 Å². The van der Waals surface area contributed by atoms with E-state index in [2.05, 4.69) is 15.5 Å². The number of methoxy groups -OCH3 is 1. The molecule has 1 aromatic rings. The van der Waals surface area contributed by atoms with E-state index in [1.807, 2.05) is 12.1 Å². The summed E-state index contributed by atoms with van der Waals surface area (Å²) < 4.78 is 4.85. The molecule has 1 aliphatic rings. The van der Waals surface area contributed by atoms with Gasteiger partial charge in [0.2, 0.25) is 5.91 Å². The van der Waals surface area contributed by atoms with Crippen molar-refractivity contribution in [1.82, 2.24) is 15.5 Å². The van der Waals surface area contributed by atoms with Crippen molar-refractivity contribution in [1.29, 1.82) is 0 Å². The second kappa shape index (κ2) is 10.1. The number of rotatable bonds is 9. The summed E-state index contributed by atoms with van der Waals surface area (Å²) >= 11 is 0. The molecule has 1 saturated heterocycles. The number of nitrogens with zero attached hydrogens (tertiary/aromatic N) is 1. The Morgan fingerprint density at radius 2 is 1.88 bits per heavy atom. The first-order chi connectivity index (χ1) is 12.1. The van der Waals surface area contributed by atoms with Crippen LogP contribution in [0.5, 0.6) is 0 Å². The maximum absolute atomic E-state index is 12.1. The molecule has 138 valence electrons. The fraction of sp³-hybridized carbons (Fsp3) is 0.556. The van der Waals surface area contributed by atoms with E-state index in [1.54, 1.807) is 12.1 Å². The summed E-state index contributed by atoms with van der Waals surface area (Å²) in [7, 11) is 1.50. The molecular weight excluding hydrogens is 320 g/mol. The molecule has 25 heavy (non-hydrogen) atoms. The molecule has 0 aromatic heterocycles. The molecule has 0 aliphatic carbocycles. The van der Waals surface area contributed by atoms with Crippen LogP contribution in [0.4, 0.5) is 0 Å². The lowest BCUT2D eigenvalue weighted by atomic mass is 10.1. The first-order valence-corrected chi connectivity index (χ1v) is 8.72. The Kier molecular flexibility index (Phi) is 7.84. The van der Waals surface area contributed by atoms with Gasteiger partial charge in [0.05, 0.1) is 6.61 Å². The molecule has 0 radical (unpaired) electrons. The predicted octanol–water partition coefficient (Wildman–Crippen LogP) is 0.102. The van der Waals surface area contributed by atoms with E-state index in [0.29, 0.717) is 18.7 Å². The first kappa shape index (κ1) is 19.4. The molecule has 1 heterocycles. The van der Waals surface area contributed by atoms with E-state index in [0.717, 1.165) is 25.2 Å². The zero-order valence-electron chi connectivity index (χ0n) is 14.8. The third-order valence-electron chi connectivity index (χ3n) is 4.28. The smallest absolute Gasteiger partial charge is 0.251 e. The van der Waals surface area contributed by atoms with Gasteiger partial charge in [-0.2, -0.15) is 0 Å². The predicted molar refractivity (Wildman–Crippen MR) is 96.1 cm³/mol. The normalized spacial score (nSPS) is 15.8. The van der Waals surface area contributed by atoms with E-state index in [4.69, 9.17) is 10.5 Å². The SMILES string of the molecule is COCC(N)C(=O)NCc1ccc(C(=O)NCCN2CCCC2)cc1. The highest BCUT2D eigenvalue weighted by molar-refractivity contribution is 5.94. The number of nitrogens with two attached hydrogens (primary N) is 1. The molecule has 2 rings (SSSR count). The average Bonchev–Trinajstić information content (AvgIpc) is 3.13. The van der Waals surface area contributed by atoms with Gasteiger partial charge in [0, 0.05) is 32.3 Å². The van der Waals surface area contributed by atoms with Gasteiger partial charge in [-0.15, -0.1) is 0 Å². The van der Waals surface area contributed by atoms with Crippen LogP contribution in [0, 0.1) is 0 Å². The van der Waals surface area contributed by atoms with E-state index in [1.165, 1.54) is 20.0 Å². The summed E-state index contributed by atoms with van der Waals surface area (Å²) in [5.41, 5.74) is 7.18. The summed E-state index contributed by atoms with van der Waals surface area (Å²) in [6.07, 6.45) is 2.50. The van der Waals surface area contributed by atoms with Crippen LogP contribution >= 0.6 is 0 Å². The molecule has 0 bridgehead atoms. The minimum absolute atomic E-state index is 0.0723. The maximum Gasteiger partial charge on any atom is 0.251 e. The largest absolute Gasteiger partial charge is 0.383 e. The van der Waals surface area contributed by atoms with Crippen molar-refractivity contribution >= 4 is 11.8 Å². The molecule has 2 amide bonds. The fourth-order valence-electron chi connectivity index (χ4n) is 2.79. The van der Waals surface area contributed by atoms with Crippen molar-refractivity contribution in [2.75, 3.05) is 39.9 Å². The van der Waals surface area contributed by atoms with Crippen molar-refractivity contribution in [2.24, 2.45) is 5.73 Å². The van der Waals surface area contributed by atoms with Crippen LogP contribution in [0.1, 0.15) is 28.8 Å². The van der Waals surface area contributed by atoms with Gasteiger partial charge in [0.25, 0.3) is 5.91 Å². The van der Waals surface area contributed by atoms with Gasteiger partial charge >= 0.3 is 0 Å². The fourth-order valence-corrected chi connectivity index (χ4v) is 2.79. The van der Waals surface area contributed by atoms with Crippen LogP contribution < -0.4 is 16.4 Å². The summed E-state index contributed by atoms with van der Waals surface area (Å²) in [5.74, 6) is -0.331. The van der Waals surface area contributed by atoms with Gasteiger partial charge < -0.3 is 26.0 Å². The van der Waals surface area contributed by atoms with Gasteiger partial charge in [-0.05, 0) is 43.6 Å². The first-order valence-electron chi connectivity index (χ1n) is 8.72. The Bertz CT molecular complexity index is 556. The number of hydrogen-bond acceptors (Lipinski definition) is 5. The minimum Gasteiger partial charge on any atom is -0.383 e. The molecule has 1 aromatic carbocycles. The number of ether oxygens (including phenoxy) is 1. The topological polar surface area (TPSA) is 96.7 Å². The summed E-state index contributed by atoms with van der Waals surface area (Å²) in [5, 5.41) is 5.69. The number of amides is 2. The van der Waals surface area contributed by atoms with E-state index < -0.39 is 6.04 Å². The molecular formula is C18H28N4O3. The highest BCUT2D eigenvalue weighted by Crippen LogP contribution is 2.06. The summed E-state index contributed by atoms with van der Waals surface area (Å²) in [6, 6.07) is 6.52. The average molecular weight is 348 g/mol. The van der Waals surface area contributed by atoms with E-state index >= 15 is 0 Å². The van der Waals surface area contributed by atoms with Crippen LogP contribution in [0.15, 0.2) is 24.3 Å². The molecule has 1 unspecified atom stereocenters. The van der Waals surface area contributed by atoms with Gasteiger partial charge in [0.15, 0.2) is 0 Å². The number of likely N-dealkylation sites (tertiary alicyclic amines) is 1. The zero-order chi connectivity index (χ0) is 18.1. The molecule has 1 aliphatic heterocycles. The second-order valence-electron chi connectivity index (χ2n) is 6.28. The second-order valence-corrected chi connectivity index (χ2v) is 6.28. The Hall–Kier alpha value is -1.96. The summed E-state index contributed by atoms with van der Waals surface area (Å²) in [4.78, 5) is 26.2. The molecule has 7 nitrogen and oxygen atoms in total. The molecule has 1 atom stereocenters. The number of benzene rings is 1. The molecule has 0 spiro atoms. The Morgan fingerprint density at radius 3 is 2.52 bits per heavy atom. The van der Waals surface area contributed by atoms with Crippen molar-refractivity contribution in [3.63, 3.8) is 0 Å². The Labute approximate surface area is 148 Å². The lowest BCUT2D eigenvalue weighted by molar-refractivity contribution is -0.123. The molecule has 1 fully saturated rings. The third kappa shape index (κ3) is 6.45. The van der Waals surface area contributed by atoms with Gasteiger partial charge in [-0.1, -0.05) is 12.1 Å². The van der Waals surface area contributed by atoms with Crippen molar-refractivity contribution in [3.05, 3.63) is 35.4 Å². The van der Waals surface area contributed by atoms with Crippen molar-refractivity contribution in [3.8, 4) is 0 Å². The third-order valence-corrected chi connectivity index (χ3v) is 4.28. The highest BCUT2D eigenvalue weighted by atomic mass is 16.5. The van der Waals surface area contributed by atoms with Crippen molar-refractivity contribution in [2.45, 2.75) is 25.4 Å². The van der Waals surface area contributed by atoms with Crippen LogP contribution in [-0.4, -0.2) is 62.7 Å². The highest BCUT2D eigenvalue weighted by Gasteiger charge is 2.13. The minimum atomic E-state index is -0.675. The molecule has 7 heteroatoms. The maximum atomic E-state index is 12.1. The lowest BCUT2D eigenvalue weighted by Gasteiger charge is -2.14. The Morgan fingerprint density at radius 1 is 1.20 bits per heavy atom. The number of carbonyl (C=O) groups is 2. The van der Waals surface area contributed by atoms with Crippen LogP contribution in [0.25, 0.3) is 0 Å². The van der Waals surface area contributed by atoms with E-state index in [9.17, 15) is 9.59 Å².